The summed E-state index contributed by atoms with van der Waals surface area (Å²) in [4.78, 5) is 45.8. The molecule has 0 heterocycles. The fourth-order valence-corrected chi connectivity index (χ4v) is 6.60. The summed E-state index contributed by atoms with van der Waals surface area (Å²) >= 11 is 0. The zero-order valence-corrected chi connectivity index (χ0v) is 35.0. The zero-order chi connectivity index (χ0) is 40.0. The van der Waals surface area contributed by atoms with Crippen LogP contribution in [0, 0.1) is 0 Å². The van der Waals surface area contributed by atoms with Crippen LogP contribution < -0.4 is 5.73 Å². The van der Waals surface area contributed by atoms with Gasteiger partial charge in [0.15, 0.2) is 6.10 Å². The maximum Gasteiger partial charge on any atom is 0.472 e. The summed E-state index contributed by atoms with van der Waals surface area (Å²) in [7, 11) is -4.72. The third kappa shape index (κ3) is 36.9. The first-order valence-corrected chi connectivity index (χ1v) is 22.9. The maximum atomic E-state index is 12.6. The molecule has 0 rings (SSSR count). The van der Waals surface area contributed by atoms with Gasteiger partial charge in [-0.25, -0.2) is 4.57 Å². The van der Waals surface area contributed by atoms with Crippen molar-refractivity contribution >= 4 is 25.7 Å². The number of hydrogen-bond donors (Lipinski definition) is 3. The monoisotopic (exact) mass is 788 g/mol. The number of rotatable bonds is 40. The van der Waals surface area contributed by atoms with Gasteiger partial charge in [-0.05, 0) is 32.1 Å². The van der Waals surface area contributed by atoms with Crippen molar-refractivity contribution in [3.63, 3.8) is 0 Å². The lowest BCUT2D eigenvalue weighted by molar-refractivity contribution is -0.161. The zero-order valence-electron chi connectivity index (χ0n) is 34.1. The lowest BCUT2D eigenvalue weighted by Gasteiger charge is -2.20. The number of phosphoric acid groups is 1. The van der Waals surface area contributed by atoms with Crippen LogP contribution in [0.15, 0.2) is 24.3 Å². The van der Waals surface area contributed by atoms with Gasteiger partial charge in [0.25, 0.3) is 0 Å². The van der Waals surface area contributed by atoms with Crippen molar-refractivity contribution in [3.8, 4) is 0 Å². The Bertz CT molecular complexity index is 1020. The van der Waals surface area contributed by atoms with Gasteiger partial charge in [0.1, 0.15) is 12.6 Å². The van der Waals surface area contributed by atoms with Crippen LogP contribution in [0.4, 0.5) is 0 Å². The first-order chi connectivity index (χ1) is 26.1. The number of ether oxygens (including phenoxy) is 2. The molecule has 0 aromatic rings. The number of carbonyl (C=O) groups excluding carboxylic acids is 2. The number of carbonyl (C=O) groups is 3. The second-order valence-corrected chi connectivity index (χ2v) is 15.9. The molecule has 4 N–H and O–H groups in total. The molecule has 11 nitrogen and oxygen atoms in total. The highest BCUT2D eigenvalue weighted by molar-refractivity contribution is 7.47. The van der Waals surface area contributed by atoms with Crippen molar-refractivity contribution in [1.82, 2.24) is 0 Å². The highest BCUT2D eigenvalue weighted by Gasteiger charge is 2.28. The lowest BCUT2D eigenvalue weighted by Crippen LogP contribution is -2.34. The molecule has 0 aromatic heterocycles. The minimum atomic E-state index is -4.72. The molecule has 0 aromatic carbocycles. The predicted octanol–water partition coefficient (Wildman–Crippen LogP) is 11.1. The topological polar surface area (TPSA) is 172 Å². The number of carboxylic acid groups (broad SMARTS) is 1. The van der Waals surface area contributed by atoms with Crippen LogP contribution in [0.1, 0.15) is 194 Å². The Labute approximate surface area is 328 Å². The third-order valence-corrected chi connectivity index (χ3v) is 10.2. The highest BCUT2D eigenvalue weighted by atomic mass is 31.2. The van der Waals surface area contributed by atoms with Crippen LogP contribution in [-0.2, 0) is 37.5 Å². The molecule has 0 saturated carbocycles. The molecule has 316 valence electrons. The van der Waals surface area contributed by atoms with E-state index in [1.165, 1.54) is 122 Å². The molecule has 0 fully saturated rings. The van der Waals surface area contributed by atoms with E-state index in [2.05, 4.69) is 30.5 Å². The molecule has 0 bridgehead atoms. The van der Waals surface area contributed by atoms with Crippen LogP contribution in [0.25, 0.3) is 0 Å². The van der Waals surface area contributed by atoms with E-state index in [1.807, 2.05) is 12.2 Å². The van der Waals surface area contributed by atoms with E-state index in [0.717, 1.165) is 32.1 Å². The number of phosphoric ester groups is 1. The summed E-state index contributed by atoms with van der Waals surface area (Å²) in [6, 6.07) is -1.53. The number of aliphatic carboxylic acids is 1. The van der Waals surface area contributed by atoms with Gasteiger partial charge in [0, 0.05) is 12.8 Å². The number of allylic oxidation sites excluding steroid dienone is 4. The molecule has 3 unspecified atom stereocenters. The normalized spacial score (nSPS) is 14.0. The van der Waals surface area contributed by atoms with Gasteiger partial charge in [0.05, 0.1) is 13.2 Å². The van der Waals surface area contributed by atoms with E-state index in [-0.39, 0.29) is 19.4 Å². The summed E-state index contributed by atoms with van der Waals surface area (Å²) in [6.45, 7) is 2.75. The summed E-state index contributed by atoms with van der Waals surface area (Å²) < 4.78 is 32.6. The Morgan fingerprint density at radius 1 is 0.574 bits per heavy atom. The molecule has 12 heteroatoms. The minimum Gasteiger partial charge on any atom is -0.480 e. The van der Waals surface area contributed by atoms with Crippen LogP contribution in [0.3, 0.4) is 0 Å². The van der Waals surface area contributed by atoms with Gasteiger partial charge < -0.3 is 25.2 Å². The van der Waals surface area contributed by atoms with E-state index in [1.54, 1.807) is 0 Å². The van der Waals surface area contributed by atoms with Gasteiger partial charge in [0.2, 0.25) is 0 Å². The molecule has 54 heavy (non-hydrogen) atoms. The summed E-state index contributed by atoms with van der Waals surface area (Å²) in [5, 5.41) is 8.87. The number of esters is 2. The molecular weight excluding hydrogens is 709 g/mol. The van der Waals surface area contributed by atoms with Gasteiger partial charge in [-0.3, -0.25) is 23.4 Å². The Hall–Kier alpha value is -2.04. The smallest absolute Gasteiger partial charge is 0.472 e. The average molecular weight is 788 g/mol. The number of nitrogens with two attached hydrogens (primary N) is 1. The summed E-state index contributed by atoms with van der Waals surface area (Å²) in [5.41, 5.74) is 5.32. The first-order valence-electron chi connectivity index (χ1n) is 21.4. The highest BCUT2D eigenvalue weighted by Crippen LogP contribution is 2.43. The molecule has 0 radical (unpaired) electrons. The second kappa shape index (κ2) is 37.9. The first kappa shape index (κ1) is 52.0. The minimum absolute atomic E-state index is 0.0583. The fraction of sp³-hybridized carbons (Fsp3) is 0.833. The average Bonchev–Trinajstić information content (AvgIpc) is 3.14. The van der Waals surface area contributed by atoms with Crippen molar-refractivity contribution in [3.05, 3.63) is 24.3 Å². The van der Waals surface area contributed by atoms with Gasteiger partial charge in [-0.15, -0.1) is 0 Å². The van der Waals surface area contributed by atoms with Crippen molar-refractivity contribution in [2.24, 2.45) is 5.73 Å². The maximum absolute atomic E-state index is 12.6. The largest absolute Gasteiger partial charge is 0.480 e. The lowest BCUT2D eigenvalue weighted by atomic mass is 10.0. The van der Waals surface area contributed by atoms with Crippen LogP contribution in [-0.4, -0.2) is 59.9 Å². The molecule has 0 aliphatic rings. The van der Waals surface area contributed by atoms with Gasteiger partial charge in [-0.2, -0.15) is 0 Å². The Morgan fingerprint density at radius 3 is 1.52 bits per heavy atom. The molecule has 0 amide bonds. The van der Waals surface area contributed by atoms with Crippen molar-refractivity contribution in [1.29, 1.82) is 0 Å². The van der Waals surface area contributed by atoms with E-state index >= 15 is 0 Å². The summed E-state index contributed by atoms with van der Waals surface area (Å²) in [5.74, 6) is -2.45. The van der Waals surface area contributed by atoms with E-state index < -0.39 is 51.1 Å². The Morgan fingerprint density at radius 2 is 1.02 bits per heavy atom. The molecule has 0 saturated heterocycles. The molecule has 3 atom stereocenters. The third-order valence-electron chi connectivity index (χ3n) is 9.22. The Balaban J connectivity index is 4.43. The summed E-state index contributed by atoms with van der Waals surface area (Å²) in [6.07, 6.45) is 38.3. The van der Waals surface area contributed by atoms with E-state index in [0.29, 0.717) is 12.8 Å². The molecule has 0 spiro atoms. The Kier molecular flexibility index (Phi) is 36.4. The van der Waals surface area contributed by atoms with E-state index in [9.17, 15) is 23.8 Å². The number of hydrogen-bond acceptors (Lipinski definition) is 9. The van der Waals surface area contributed by atoms with Gasteiger partial charge in [-0.1, -0.05) is 173 Å². The van der Waals surface area contributed by atoms with Crippen molar-refractivity contribution in [2.75, 3.05) is 19.8 Å². The molecular formula is C42H78NO10P. The standard InChI is InChI=1S/C42H78NO10P/c1-3-5-7-9-11-13-15-17-19-21-23-25-27-29-31-33-40(44)50-35-38(36-51-54(48,49)52-37-39(43)42(46)47)53-41(45)34-32-30-28-26-24-22-20-18-16-14-12-10-8-6-4-2/h22,24,28,30,38-39H,3-21,23,25-27,29,31-37,43H2,1-2H3,(H,46,47)(H,48,49). The van der Waals surface area contributed by atoms with Crippen LogP contribution >= 0.6 is 7.82 Å². The number of unbranched alkanes of at least 4 members (excludes halogenated alkanes) is 22. The van der Waals surface area contributed by atoms with E-state index in [4.69, 9.17) is 24.8 Å². The SMILES string of the molecule is CCCCCCCCCCC=CCC=CCCC(=O)OC(COC(=O)CCCCCCCCCCCCCCCCC)COP(=O)(O)OCC(N)C(=O)O. The van der Waals surface area contributed by atoms with Crippen LogP contribution in [0.2, 0.25) is 0 Å². The quantitative estimate of drug-likeness (QED) is 0.0233. The van der Waals surface area contributed by atoms with Crippen LogP contribution in [0.5, 0.6) is 0 Å². The van der Waals surface area contributed by atoms with Crippen molar-refractivity contribution < 1.29 is 47.5 Å². The fourth-order valence-electron chi connectivity index (χ4n) is 5.82. The number of carboxylic acids is 1. The van der Waals surface area contributed by atoms with Crippen molar-refractivity contribution in [2.45, 2.75) is 206 Å². The predicted molar refractivity (Wildman–Crippen MR) is 217 cm³/mol. The van der Waals surface area contributed by atoms with Gasteiger partial charge >= 0.3 is 25.7 Å². The second-order valence-electron chi connectivity index (χ2n) is 14.5. The molecule has 0 aliphatic carbocycles. The molecule has 0 aliphatic heterocycles.